The molecule has 1 aliphatic rings. The van der Waals surface area contributed by atoms with Gasteiger partial charge in [-0.25, -0.2) is 4.39 Å². The smallest absolute Gasteiger partial charge is 0.304 e. The summed E-state index contributed by atoms with van der Waals surface area (Å²) in [5.74, 6) is -1.09. The number of nitrogens with zero attached hydrogens (tertiary/aromatic N) is 1. The first-order valence-corrected chi connectivity index (χ1v) is 10.7. The second kappa shape index (κ2) is 7.17. The van der Waals surface area contributed by atoms with Gasteiger partial charge in [-0.05, 0) is 65.3 Å². The van der Waals surface area contributed by atoms with Crippen molar-refractivity contribution < 1.29 is 14.3 Å². The van der Waals surface area contributed by atoms with Crippen molar-refractivity contribution in [2.75, 3.05) is 0 Å². The molecule has 6 heteroatoms. The Balaban J connectivity index is 2.04. The molecule has 2 aromatic heterocycles. The first-order valence-electron chi connectivity index (χ1n) is 8.89. The molecule has 0 aliphatic carbocycles. The zero-order valence-electron chi connectivity index (χ0n) is 15.2. The van der Waals surface area contributed by atoms with Crippen LogP contribution in [0.25, 0.3) is 22.0 Å². The zero-order chi connectivity index (χ0) is 19.1. The fourth-order valence-corrected chi connectivity index (χ4v) is 5.86. The molecule has 1 unspecified atom stereocenters. The Bertz CT molecular complexity index is 1060. The van der Waals surface area contributed by atoms with E-state index in [4.69, 9.17) is 0 Å². The van der Waals surface area contributed by atoms with Gasteiger partial charge in [-0.15, -0.1) is 0 Å². The van der Waals surface area contributed by atoms with E-state index in [-0.39, 0.29) is 18.2 Å². The highest BCUT2D eigenvalue weighted by atomic mass is 32.2. The fourth-order valence-electron chi connectivity index (χ4n) is 4.01. The molecule has 0 amide bonds. The number of carboxylic acids is 1. The summed E-state index contributed by atoms with van der Waals surface area (Å²) in [7, 11) is 0. The standard InChI is InChI=1S/C21H20FNO2S2/c1-3-6-27-21-19-15(16-11-26-10-12(16)2)8-14(22)9-17(19)23-5-4-13(20(21)23)7-18(24)25/h3,6,8-11,13H,4-5,7H2,1-2H3,(H,24,25)/b6-3+. The number of hydrogen-bond donors (Lipinski definition) is 1. The van der Waals surface area contributed by atoms with Crippen molar-refractivity contribution in [3.8, 4) is 11.1 Å². The maximum Gasteiger partial charge on any atom is 0.304 e. The normalized spacial score (nSPS) is 16.5. The number of aromatic nitrogens is 1. The van der Waals surface area contributed by atoms with Gasteiger partial charge in [0, 0.05) is 28.4 Å². The molecule has 1 N–H and O–H groups in total. The van der Waals surface area contributed by atoms with E-state index in [1.807, 2.05) is 25.3 Å². The van der Waals surface area contributed by atoms with Crippen LogP contribution in [0.4, 0.5) is 4.39 Å². The Morgan fingerprint density at radius 1 is 1.41 bits per heavy atom. The number of thioether (sulfide) groups is 1. The first kappa shape index (κ1) is 18.3. The van der Waals surface area contributed by atoms with Crippen molar-refractivity contribution in [2.24, 2.45) is 0 Å². The fraction of sp³-hybridized carbons (Fsp3) is 0.286. The molecule has 3 aromatic rings. The monoisotopic (exact) mass is 401 g/mol. The maximum atomic E-state index is 14.5. The highest BCUT2D eigenvalue weighted by Gasteiger charge is 2.32. The molecular formula is C21H20FNO2S2. The Labute approximate surface area is 165 Å². The van der Waals surface area contributed by atoms with Gasteiger partial charge in [0.2, 0.25) is 0 Å². The number of rotatable bonds is 5. The van der Waals surface area contributed by atoms with Crippen LogP contribution in [0.15, 0.2) is 39.3 Å². The van der Waals surface area contributed by atoms with Crippen molar-refractivity contribution in [1.82, 2.24) is 4.57 Å². The minimum absolute atomic E-state index is 0.0397. The molecule has 1 aromatic carbocycles. The number of halogens is 1. The first-order chi connectivity index (χ1) is 13.0. The number of aryl methyl sites for hydroxylation is 2. The summed E-state index contributed by atoms with van der Waals surface area (Å²) in [6, 6.07) is 3.20. The largest absolute Gasteiger partial charge is 0.481 e. The Morgan fingerprint density at radius 3 is 2.89 bits per heavy atom. The second-order valence-corrected chi connectivity index (χ2v) is 8.51. The molecule has 0 saturated heterocycles. The zero-order valence-corrected chi connectivity index (χ0v) is 16.8. The van der Waals surface area contributed by atoms with E-state index in [1.165, 1.54) is 0 Å². The van der Waals surface area contributed by atoms with Gasteiger partial charge in [0.25, 0.3) is 0 Å². The van der Waals surface area contributed by atoms with Crippen molar-refractivity contribution >= 4 is 40.0 Å². The number of thiophene rings is 1. The van der Waals surface area contributed by atoms with E-state index in [9.17, 15) is 14.3 Å². The minimum atomic E-state index is -0.791. The lowest BCUT2D eigenvalue weighted by atomic mass is 9.97. The van der Waals surface area contributed by atoms with Gasteiger partial charge >= 0.3 is 5.97 Å². The summed E-state index contributed by atoms with van der Waals surface area (Å²) in [5, 5.41) is 16.5. The summed E-state index contributed by atoms with van der Waals surface area (Å²) in [4.78, 5) is 12.4. The summed E-state index contributed by atoms with van der Waals surface area (Å²) in [5.41, 5.74) is 4.97. The third kappa shape index (κ3) is 3.11. The van der Waals surface area contributed by atoms with Gasteiger partial charge in [-0.1, -0.05) is 17.8 Å². The summed E-state index contributed by atoms with van der Waals surface area (Å²) in [6.45, 7) is 4.73. The third-order valence-corrected chi connectivity index (χ3v) is 7.02. The van der Waals surface area contributed by atoms with Gasteiger partial charge in [0.05, 0.1) is 11.9 Å². The predicted octanol–water partition coefficient (Wildman–Crippen LogP) is 6.41. The number of carboxylic acid groups (broad SMARTS) is 1. The Morgan fingerprint density at radius 2 is 2.22 bits per heavy atom. The molecule has 3 heterocycles. The molecule has 0 radical (unpaired) electrons. The highest BCUT2D eigenvalue weighted by molar-refractivity contribution is 8.02. The van der Waals surface area contributed by atoms with Crippen LogP contribution in [-0.2, 0) is 11.3 Å². The van der Waals surface area contributed by atoms with E-state index in [1.54, 1.807) is 35.2 Å². The van der Waals surface area contributed by atoms with Crippen LogP contribution in [-0.4, -0.2) is 15.6 Å². The van der Waals surface area contributed by atoms with E-state index >= 15 is 0 Å². The van der Waals surface area contributed by atoms with E-state index < -0.39 is 5.97 Å². The molecular weight excluding hydrogens is 381 g/mol. The van der Waals surface area contributed by atoms with Gasteiger partial charge in [0.1, 0.15) is 5.82 Å². The van der Waals surface area contributed by atoms with Crippen molar-refractivity contribution in [3.63, 3.8) is 0 Å². The van der Waals surface area contributed by atoms with E-state index in [0.717, 1.165) is 51.1 Å². The van der Waals surface area contributed by atoms with Gasteiger partial charge in [-0.3, -0.25) is 4.79 Å². The number of carbonyl (C=O) groups is 1. The Kier molecular flexibility index (Phi) is 4.86. The van der Waals surface area contributed by atoms with E-state index in [2.05, 4.69) is 15.3 Å². The minimum Gasteiger partial charge on any atom is -0.481 e. The predicted molar refractivity (Wildman–Crippen MR) is 110 cm³/mol. The molecule has 27 heavy (non-hydrogen) atoms. The van der Waals surface area contributed by atoms with Crippen LogP contribution in [0.1, 0.15) is 36.9 Å². The molecule has 140 valence electrons. The van der Waals surface area contributed by atoms with Gasteiger partial charge < -0.3 is 9.67 Å². The van der Waals surface area contributed by atoms with Crippen LogP contribution in [0, 0.1) is 12.7 Å². The molecule has 0 fully saturated rings. The number of allylic oxidation sites excluding steroid dienone is 1. The summed E-state index contributed by atoms with van der Waals surface area (Å²) < 4.78 is 16.7. The van der Waals surface area contributed by atoms with Crippen molar-refractivity contribution in [3.05, 3.63) is 51.5 Å². The lowest BCUT2D eigenvalue weighted by Crippen LogP contribution is -2.04. The van der Waals surface area contributed by atoms with E-state index in [0.29, 0.717) is 0 Å². The van der Waals surface area contributed by atoms with Crippen molar-refractivity contribution in [1.29, 1.82) is 0 Å². The second-order valence-electron chi connectivity index (χ2n) is 6.85. The Hall–Kier alpha value is -2.05. The van der Waals surface area contributed by atoms with Crippen LogP contribution in [0.3, 0.4) is 0 Å². The molecule has 0 bridgehead atoms. The maximum absolute atomic E-state index is 14.5. The van der Waals surface area contributed by atoms with Crippen LogP contribution < -0.4 is 0 Å². The average Bonchev–Trinajstić information content (AvgIpc) is 3.29. The molecule has 0 saturated carbocycles. The number of aliphatic carboxylic acids is 1. The molecule has 3 nitrogen and oxygen atoms in total. The SMILES string of the molecule is C/C=C/Sc1c2n(c3cc(F)cc(-c4cscc4C)c13)CCC2CC(=O)O. The van der Waals surface area contributed by atoms with Crippen LogP contribution in [0.2, 0.25) is 0 Å². The van der Waals surface area contributed by atoms with Gasteiger partial charge in [-0.2, -0.15) is 11.3 Å². The highest BCUT2D eigenvalue weighted by Crippen LogP contribution is 2.48. The van der Waals surface area contributed by atoms with Gasteiger partial charge in [0.15, 0.2) is 0 Å². The number of fused-ring (bicyclic) bond motifs is 3. The van der Waals surface area contributed by atoms with Crippen molar-refractivity contribution in [2.45, 2.75) is 44.0 Å². The van der Waals surface area contributed by atoms with Crippen LogP contribution >= 0.6 is 23.1 Å². The lowest BCUT2D eigenvalue weighted by Gasteiger charge is -2.10. The molecule has 0 spiro atoms. The number of hydrogen-bond acceptors (Lipinski definition) is 3. The molecule has 1 aliphatic heterocycles. The lowest BCUT2D eigenvalue weighted by molar-refractivity contribution is -0.137. The third-order valence-electron chi connectivity index (χ3n) is 5.10. The quantitative estimate of drug-likeness (QED) is 0.503. The van der Waals surface area contributed by atoms with Crippen LogP contribution in [0.5, 0.6) is 0 Å². The molecule has 1 atom stereocenters. The topological polar surface area (TPSA) is 42.2 Å². The summed E-state index contributed by atoms with van der Waals surface area (Å²) >= 11 is 3.21. The summed E-state index contributed by atoms with van der Waals surface area (Å²) in [6.07, 6.45) is 2.86. The molecule has 4 rings (SSSR count). The number of benzene rings is 1. The average molecular weight is 402 g/mol.